The second kappa shape index (κ2) is 6.94. The molecule has 0 aromatic rings. The summed E-state index contributed by atoms with van der Waals surface area (Å²) < 4.78 is 10.5. The van der Waals surface area contributed by atoms with E-state index >= 15 is 0 Å². The molecule has 0 spiro atoms. The lowest BCUT2D eigenvalue weighted by atomic mass is 9.99. The van der Waals surface area contributed by atoms with Gasteiger partial charge in [-0.15, -0.1) is 0 Å². The molecule has 5 N–H and O–H groups in total. The summed E-state index contributed by atoms with van der Waals surface area (Å²) in [7, 11) is 0. The predicted molar refractivity (Wildman–Crippen MR) is 67.5 cm³/mol. The molecule has 0 amide bonds. The molecule has 0 aromatic heterocycles. The fraction of sp³-hybridized carbons (Fsp3) is 1.00. The van der Waals surface area contributed by atoms with Crippen LogP contribution in [0.15, 0.2) is 0 Å². The highest BCUT2D eigenvalue weighted by Gasteiger charge is 2.43. The highest BCUT2D eigenvalue weighted by Crippen LogP contribution is 2.21. The van der Waals surface area contributed by atoms with Crippen LogP contribution in [0.1, 0.15) is 20.8 Å². The van der Waals surface area contributed by atoms with Crippen LogP contribution in [0.5, 0.6) is 0 Å². The summed E-state index contributed by atoms with van der Waals surface area (Å²) in [6, 6.07) is 0. The summed E-state index contributed by atoms with van der Waals surface area (Å²) >= 11 is 0. The number of rotatable bonds is 5. The van der Waals surface area contributed by atoms with Crippen LogP contribution in [0.25, 0.3) is 0 Å². The van der Waals surface area contributed by atoms with Crippen LogP contribution in [-0.2, 0) is 9.47 Å². The van der Waals surface area contributed by atoms with Crippen LogP contribution >= 0.6 is 0 Å². The Labute approximate surface area is 113 Å². The minimum Gasteiger partial charge on any atom is -0.394 e. The van der Waals surface area contributed by atoms with Gasteiger partial charge in [0.2, 0.25) is 0 Å². The van der Waals surface area contributed by atoms with Gasteiger partial charge in [0.1, 0.15) is 24.4 Å². The van der Waals surface area contributed by atoms with Crippen molar-refractivity contribution in [2.75, 3.05) is 19.8 Å². The maximum Gasteiger partial charge on any atom is 0.186 e. The molecule has 1 aliphatic rings. The van der Waals surface area contributed by atoms with Gasteiger partial charge < -0.3 is 35.2 Å². The quantitative estimate of drug-likeness (QED) is 0.377. The third kappa shape index (κ3) is 4.96. The van der Waals surface area contributed by atoms with Crippen LogP contribution in [0, 0.1) is 0 Å². The molecular formula is C12H25NO6. The van der Waals surface area contributed by atoms with Gasteiger partial charge in [-0.2, -0.15) is 0 Å². The zero-order chi connectivity index (χ0) is 14.6. The van der Waals surface area contributed by atoms with Crippen LogP contribution in [0.4, 0.5) is 0 Å². The van der Waals surface area contributed by atoms with Crippen molar-refractivity contribution < 1.29 is 29.9 Å². The summed E-state index contributed by atoms with van der Waals surface area (Å²) in [4.78, 5) is 0. The van der Waals surface area contributed by atoms with Crippen molar-refractivity contribution in [1.29, 1.82) is 0 Å². The Morgan fingerprint density at radius 2 is 1.74 bits per heavy atom. The van der Waals surface area contributed by atoms with E-state index in [0.717, 1.165) is 0 Å². The van der Waals surface area contributed by atoms with Crippen molar-refractivity contribution in [3.63, 3.8) is 0 Å². The van der Waals surface area contributed by atoms with Crippen LogP contribution in [0.2, 0.25) is 0 Å². The lowest BCUT2D eigenvalue weighted by Crippen LogP contribution is -2.59. The van der Waals surface area contributed by atoms with E-state index in [4.69, 9.17) is 14.6 Å². The Kier molecular flexibility index (Phi) is 6.13. The zero-order valence-corrected chi connectivity index (χ0v) is 11.6. The number of nitrogens with one attached hydrogen (secondary N) is 1. The average Bonchev–Trinajstić information content (AvgIpc) is 2.33. The number of hydrogen-bond donors (Lipinski definition) is 5. The van der Waals surface area contributed by atoms with E-state index in [9.17, 15) is 15.3 Å². The van der Waals surface area contributed by atoms with Gasteiger partial charge in [0.25, 0.3) is 0 Å². The fourth-order valence-corrected chi connectivity index (χ4v) is 1.81. The topological polar surface area (TPSA) is 111 Å². The lowest BCUT2D eigenvalue weighted by Gasteiger charge is -2.39. The molecule has 5 atom stereocenters. The van der Waals surface area contributed by atoms with E-state index in [1.165, 1.54) is 0 Å². The van der Waals surface area contributed by atoms with Crippen molar-refractivity contribution in [3.8, 4) is 0 Å². The molecule has 0 aromatic carbocycles. The number of ether oxygens (including phenoxy) is 2. The summed E-state index contributed by atoms with van der Waals surface area (Å²) in [5, 5.41) is 41.1. The molecular weight excluding hydrogens is 254 g/mol. The van der Waals surface area contributed by atoms with Gasteiger partial charge in [-0.25, -0.2) is 0 Å². The third-order valence-electron chi connectivity index (χ3n) is 2.89. The average molecular weight is 279 g/mol. The van der Waals surface area contributed by atoms with E-state index in [1.54, 1.807) is 0 Å². The number of hydrogen-bond acceptors (Lipinski definition) is 7. The lowest BCUT2D eigenvalue weighted by molar-refractivity contribution is -0.300. The first-order chi connectivity index (χ1) is 8.76. The van der Waals surface area contributed by atoms with Crippen LogP contribution in [-0.4, -0.2) is 76.4 Å². The van der Waals surface area contributed by atoms with Crippen molar-refractivity contribution in [3.05, 3.63) is 0 Å². The predicted octanol–water partition coefficient (Wildman–Crippen LogP) is -1.81. The smallest absolute Gasteiger partial charge is 0.186 e. The van der Waals surface area contributed by atoms with Crippen LogP contribution in [0.3, 0.4) is 0 Å². The van der Waals surface area contributed by atoms with Gasteiger partial charge in [0.15, 0.2) is 6.29 Å². The van der Waals surface area contributed by atoms with Gasteiger partial charge in [0.05, 0.1) is 13.2 Å². The summed E-state index contributed by atoms with van der Waals surface area (Å²) in [6.07, 6.45) is -6.08. The standard InChI is InChI=1S/C12H25NO6/c1-12(2,3)13-4-5-18-11-10(17)9(16)8(15)7(6-14)19-11/h7-11,13-17H,4-6H2,1-3H3/t7?,8-,9-,10?,11+/m0/s1. The van der Waals surface area contributed by atoms with E-state index in [-0.39, 0.29) is 12.1 Å². The molecule has 0 radical (unpaired) electrons. The Morgan fingerprint density at radius 1 is 1.11 bits per heavy atom. The Bertz CT molecular complexity index is 267. The molecule has 7 heteroatoms. The molecule has 114 valence electrons. The third-order valence-corrected chi connectivity index (χ3v) is 2.89. The molecule has 0 bridgehead atoms. The normalized spacial score (nSPS) is 36.5. The first-order valence-corrected chi connectivity index (χ1v) is 6.43. The Morgan fingerprint density at radius 3 is 2.26 bits per heavy atom. The minimum atomic E-state index is -1.40. The first kappa shape index (κ1) is 16.8. The zero-order valence-electron chi connectivity index (χ0n) is 11.6. The van der Waals surface area contributed by atoms with E-state index < -0.39 is 37.3 Å². The maximum atomic E-state index is 9.72. The van der Waals surface area contributed by atoms with Crippen molar-refractivity contribution in [2.45, 2.75) is 57.0 Å². The molecule has 2 unspecified atom stereocenters. The molecule has 1 heterocycles. The van der Waals surface area contributed by atoms with Gasteiger partial charge in [0, 0.05) is 12.1 Å². The van der Waals surface area contributed by atoms with E-state index in [2.05, 4.69) is 5.32 Å². The maximum absolute atomic E-state index is 9.72. The molecule has 1 rings (SSSR count). The van der Waals surface area contributed by atoms with Crippen LogP contribution < -0.4 is 5.32 Å². The van der Waals surface area contributed by atoms with E-state index in [0.29, 0.717) is 6.54 Å². The highest BCUT2D eigenvalue weighted by atomic mass is 16.7. The Balaban J connectivity index is 2.40. The highest BCUT2D eigenvalue weighted by molar-refractivity contribution is 4.88. The SMILES string of the molecule is CC(C)(C)NCCO[C@@H]1OC(CO)[C@H](O)[C@H](O)C1O. The summed E-state index contributed by atoms with van der Waals surface area (Å²) in [5.74, 6) is 0. The Hall–Kier alpha value is -0.280. The largest absolute Gasteiger partial charge is 0.394 e. The van der Waals surface area contributed by atoms with Gasteiger partial charge in [-0.05, 0) is 20.8 Å². The molecule has 19 heavy (non-hydrogen) atoms. The molecule has 7 nitrogen and oxygen atoms in total. The molecule has 0 aliphatic carbocycles. The van der Waals surface area contributed by atoms with Crippen molar-refractivity contribution >= 4 is 0 Å². The summed E-state index contributed by atoms with van der Waals surface area (Å²) in [6.45, 7) is 6.42. The van der Waals surface area contributed by atoms with E-state index in [1.807, 2.05) is 20.8 Å². The first-order valence-electron chi connectivity index (χ1n) is 6.43. The second-order valence-corrected chi connectivity index (χ2v) is 5.74. The number of aliphatic hydroxyl groups excluding tert-OH is 4. The number of aliphatic hydroxyl groups is 4. The fourth-order valence-electron chi connectivity index (χ4n) is 1.81. The van der Waals surface area contributed by atoms with Gasteiger partial charge in [-0.3, -0.25) is 0 Å². The minimum absolute atomic E-state index is 0.0429. The molecule has 1 fully saturated rings. The monoisotopic (exact) mass is 279 g/mol. The van der Waals surface area contributed by atoms with Crippen molar-refractivity contribution in [2.24, 2.45) is 0 Å². The molecule has 1 saturated heterocycles. The van der Waals surface area contributed by atoms with Gasteiger partial charge in [-0.1, -0.05) is 0 Å². The second-order valence-electron chi connectivity index (χ2n) is 5.74. The summed E-state index contributed by atoms with van der Waals surface area (Å²) in [5.41, 5.74) is -0.0429. The van der Waals surface area contributed by atoms with Crippen molar-refractivity contribution in [1.82, 2.24) is 5.32 Å². The molecule has 1 aliphatic heterocycles. The van der Waals surface area contributed by atoms with Gasteiger partial charge >= 0.3 is 0 Å². The molecule has 0 saturated carbocycles.